The summed E-state index contributed by atoms with van der Waals surface area (Å²) in [5.41, 5.74) is 1.70. The Hall–Kier alpha value is -0.930. The number of halogens is 1. The van der Waals surface area contributed by atoms with Crippen molar-refractivity contribution in [1.82, 2.24) is 5.32 Å². The molecule has 0 fully saturated rings. The van der Waals surface area contributed by atoms with Gasteiger partial charge in [0, 0.05) is 18.2 Å². The summed E-state index contributed by atoms with van der Waals surface area (Å²) in [6.07, 6.45) is 0.837. The predicted octanol–water partition coefficient (Wildman–Crippen LogP) is 1.99. The molecule has 0 bridgehead atoms. The molecule has 0 amide bonds. The Morgan fingerprint density at radius 2 is 2.20 bits per heavy atom. The molecular formula is C12H18FNO. The van der Waals surface area contributed by atoms with Gasteiger partial charge >= 0.3 is 0 Å². The fourth-order valence-corrected chi connectivity index (χ4v) is 1.43. The third-order valence-electron chi connectivity index (χ3n) is 2.50. The Labute approximate surface area is 90.1 Å². The first-order valence-electron chi connectivity index (χ1n) is 5.26. The van der Waals surface area contributed by atoms with Crippen LogP contribution < -0.4 is 5.32 Å². The predicted molar refractivity (Wildman–Crippen MR) is 59.1 cm³/mol. The summed E-state index contributed by atoms with van der Waals surface area (Å²) < 4.78 is 13.3. The molecule has 0 radical (unpaired) electrons. The van der Waals surface area contributed by atoms with Crippen molar-refractivity contribution in [2.45, 2.75) is 32.9 Å². The van der Waals surface area contributed by atoms with Crippen molar-refractivity contribution < 1.29 is 9.50 Å². The van der Waals surface area contributed by atoms with Crippen molar-refractivity contribution in [1.29, 1.82) is 0 Å². The van der Waals surface area contributed by atoms with Gasteiger partial charge < -0.3 is 10.4 Å². The van der Waals surface area contributed by atoms with Crippen molar-refractivity contribution in [3.8, 4) is 0 Å². The Balaban J connectivity index is 2.60. The second-order valence-electron chi connectivity index (χ2n) is 3.76. The molecule has 0 saturated heterocycles. The van der Waals surface area contributed by atoms with Gasteiger partial charge in [-0.3, -0.25) is 0 Å². The summed E-state index contributed by atoms with van der Waals surface area (Å²) in [5, 5.41) is 12.1. The molecule has 0 heterocycles. The minimum Gasteiger partial charge on any atom is -0.395 e. The van der Waals surface area contributed by atoms with Gasteiger partial charge in [0.2, 0.25) is 0 Å². The minimum atomic E-state index is -0.194. The van der Waals surface area contributed by atoms with Crippen LogP contribution in [0.25, 0.3) is 0 Å². The molecule has 0 aliphatic carbocycles. The quantitative estimate of drug-likeness (QED) is 0.780. The lowest BCUT2D eigenvalue weighted by atomic mass is 10.1. The highest BCUT2D eigenvalue weighted by Gasteiger charge is 2.06. The maximum Gasteiger partial charge on any atom is 0.127 e. The lowest BCUT2D eigenvalue weighted by Crippen LogP contribution is -2.31. The Morgan fingerprint density at radius 1 is 1.47 bits per heavy atom. The van der Waals surface area contributed by atoms with E-state index in [1.165, 1.54) is 6.07 Å². The third-order valence-corrected chi connectivity index (χ3v) is 2.50. The Kier molecular flexibility index (Phi) is 4.72. The van der Waals surface area contributed by atoms with Crippen LogP contribution in [0.4, 0.5) is 4.39 Å². The summed E-state index contributed by atoms with van der Waals surface area (Å²) >= 11 is 0. The largest absolute Gasteiger partial charge is 0.395 e. The molecule has 3 heteroatoms. The highest BCUT2D eigenvalue weighted by atomic mass is 19.1. The minimum absolute atomic E-state index is 0.0462. The van der Waals surface area contributed by atoms with Crippen LogP contribution in [0.1, 0.15) is 24.5 Å². The second-order valence-corrected chi connectivity index (χ2v) is 3.76. The molecule has 84 valence electrons. The van der Waals surface area contributed by atoms with Gasteiger partial charge in [0.1, 0.15) is 5.82 Å². The molecule has 0 spiro atoms. The van der Waals surface area contributed by atoms with Crippen LogP contribution >= 0.6 is 0 Å². The number of hydrogen-bond donors (Lipinski definition) is 2. The third kappa shape index (κ3) is 3.61. The smallest absolute Gasteiger partial charge is 0.127 e. The molecule has 1 rings (SSSR count). The van der Waals surface area contributed by atoms with Crippen LogP contribution in [0.2, 0.25) is 0 Å². The Bertz CT molecular complexity index is 310. The molecule has 1 atom stereocenters. The van der Waals surface area contributed by atoms with Gasteiger partial charge in [0.15, 0.2) is 0 Å². The summed E-state index contributed by atoms with van der Waals surface area (Å²) in [6, 6.07) is 5.10. The maximum absolute atomic E-state index is 13.3. The van der Waals surface area contributed by atoms with Crippen molar-refractivity contribution in [3.05, 3.63) is 35.1 Å². The van der Waals surface area contributed by atoms with Crippen LogP contribution in [0.5, 0.6) is 0 Å². The summed E-state index contributed by atoms with van der Waals surface area (Å²) in [6.45, 7) is 4.48. The first-order chi connectivity index (χ1) is 7.17. The number of aliphatic hydroxyl groups is 1. The lowest BCUT2D eigenvalue weighted by molar-refractivity contribution is 0.238. The van der Waals surface area contributed by atoms with E-state index in [-0.39, 0.29) is 18.5 Å². The monoisotopic (exact) mass is 211 g/mol. The summed E-state index contributed by atoms with van der Waals surface area (Å²) in [4.78, 5) is 0. The fourth-order valence-electron chi connectivity index (χ4n) is 1.43. The van der Waals surface area contributed by atoms with Crippen molar-refractivity contribution in [2.75, 3.05) is 6.61 Å². The van der Waals surface area contributed by atoms with E-state index in [9.17, 15) is 4.39 Å². The van der Waals surface area contributed by atoms with E-state index in [4.69, 9.17) is 5.11 Å². The van der Waals surface area contributed by atoms with E-state index in [0.717, 1.165) is 12.0 Å². The zero-order valence-corrected chi connectivity index (χ0v) is 9.26. The summed E-state index contributed by atoms with van der Waals surface area (Å²) in [7, 11) is 0. The molecule has 1 aromatic carbocycles. The molecule has 0 unspecified atom stereocenters. The van der Waals surface area contributed by atoms with Crippen molar-refractivity contribution in [3.63, 3.8) is 0 Å². The fraction of sp³-hybridized carbons (Fsp3) is 0.500. The van der Waals surface area contributed by atoms with Gasteiger partial charge in [-0.1, -0.05) is 24.6 Å². The number of rotatable bonds is 5. The van der Waals surface area contributed by atoms with Gasteiger partial charge in [0.25, 0.3) is 0 Å². The van der Waals surface area contributed by atoms with Crippen LogP contribution in [-0.2, 0) is 6.54 Å². The van der Waals surface area contributed by atoms with Crippen LogP contribution in [0, 0.1) is 12.7 Å². The second kappa shape index (κ2) is 5.83. The number of aliphatic hydroxyl groups excluding tert-OH is 1. The highest BCUT2D eigenvalue weighted by Crippen LogP contribution is 2.10. The highest BCUT2D eigenvalue weighted by molar-refractivity contribution is 5.23. The van der Waals surface area contributed by atoms with E-state index < -0.39 is 0 Å². The average Bonchev–Trinajstić information content (AvgIpc) is 2.24. The van der Waals surface area contributed by atoms with Gasteiger partial charge in [-0.25, -0.2) is 4.39 Å². The van der Waals surface area contributed by atoms with E-state index >= 15 is 0 Å². The van der Waals surface area contributed by atoms with Gasteiger partial charge in [-0.15, -0.1) is 0 Å². The zero-order valence-electron chi connectivity index (χ0n) is 9.26. The van der Waals surface area contributed by atoms with Crippen LogP contribution in [0.15, 0.2) is 18.2 Å². The normalized spacial score (nSPS) is 12.8. The number of hydrogen-bond acceptors (Lipinski definition) is 2. The molecule has 0 aliphatic rings. The van der Waals surface area contributed by atoms with E-state index in [2.05, 4.69) is 5.32 Å². The molecule has 0 aromatic heterocycles. The number of benzene rings is 1. The first-order valence-corrected chi connectivity index (χ1v) is 5.26. The van der Waals surface area contributed by atoms with Crippen molar-refractivity contribution >= 4 is 0 Å². The molecule has 0 saturated carbocycles. The van der Waals surface area contributed by atoms with E-state index in [0.29, 0.717) is 12.1 Å². The van der Waals surface area contributed by atoms with Crippen molar-refractivity contribution in [2.24, 2.45) is 0 Å². The van der Waals surface area contributed by atoms with Gasteiger partial charge in [-0.05, 0) is 19.4 Å². The first kappa shape index (κ1) is 12.1. The van der Waals surface area contributed by atoms with Crippen LogP contribution in [-0.4, -0.2) is 17.8 Å². The standard InChI is InChI=1S/C12H18FNO/c1-3-11(8-15)14-7-10-6-9(2)4-5-12(10)13/h4-6,11,14-15H,3,7-8H2,1-2H3/t11-/m1/s1. The van der Waals surface area contributed by atoms with E-state index in [1.807, 2.05) is 19.9 Å². The van der Waals surface area contributed by atoms with Crippen LogP contribution in [0.3, 0.4) is 0 Å². The Morgan fingerprint density at radius 3 is 2.80 bits per heavy atom. The molecule has 2 N–H and O–H groups in total. The van der Waals surface area contributed by atoms with E-state index in [1.54, 1.807) is 6.07 Å². The summed E-state index contributed by atoms with van der Waals surface area (Å²) in [5.74, 6) is -0.194. The zero-order chi connectivity index (χ0) is 11.3. The van der Waals surface area contributed by atoms with Gasteiger partial charge in [-0.2, -0.15) is 0 Å². The van der Waals surface area contributed by atoms with Gasteiger partial charge in [0.05, 0.1) is 6.61 Å². The average molecular weight is 211 g/mol. The number of aryl methyl sites for hydroxylation is 1. The SMILES string of the molecule is CC[C@H](CO)NCc1cc(C)ccc1F. The lowest BCUT2D eigenvalue weighted by Gasteiger charge is -2.14. The number of nitrogens with one attached hydrogen (secondary N) is 1. The maximum atomic E-state index is 13.3. The molecule has 15 heavy (non-hydrogen) atoms. The molecular weight excluding hydrogens is 193 g/mol. The molecule has 1 aromatic rings. The molecule has 2 nitrogen and oxygen atoms in total. The topological polar surface area (TPSA) is 32.3 Å². The molecule has 0 aliphatic heterocycles.